The molecule has 1 saturated carbocycles. The molecule has 1 aliphatic heterocycles. The number of rotatable bonds is 5. The number of piperidine rings is 1. The van der Waals surface area contributed by atoms with E-state index in [2.05, 4.69) is 40.1 Å². The minimum atomic E-state index is 0.211. The SMILES string of the molecule is O=C(C1CCC1)N(c1ccc(Cl)cc1)C1CCN(Cc2ccccc2)CC1. The Morgan fingerprint density at radius 1 is 0.963 bits per heavy atom. The Balaban J connectivity index is 1.44. The Morgan fingerprint density at radius 2 is 1.63 bits per heavy atom. The van der Waals surface area contributed by atoms with Crippen molar-refractivity contribution in [2.45, 2.75) is 44.7 Å². The molecule has 1 aliphatic carbocycles. The molecule has 0 bridgehead atoms. The highest BCUT2D eigenvalue weighted by atomic mass is 35.5. The molecule has 142 valence electrons. The van der Waals surface area contributed by atoms with E-state index in [0.717, 1.165) is 51.0 Å². The number of nitrogens with zero attached hydrogens (tertiary/aromatic N) is 2. The van der Waals surface area contributed by atoms with Gasteiger partial charge in [0.05, 0.1) is 0 Å². The average molecular weight is 383 g/mol. The van der Waals surface area contributed by atoms with Crippen LogP contribution in [-0.4, -0.2) is 29.9 Å². The maximum Gasteiger partial charge on any atom is 0.230 e. The number of carbonyl (C=O) groups excluding carboxylic acids is 1. The van der Waals surface area contributed by atoms with Crippen LogP contribution in [0, 0.1) is 5.92 Å². The van der Waals surface area contributed by atoms with Gasteiger partial charge in [0.2, 0.25) is 5.91 Å². The van der Waals surface area contributed by atoms with Gasteiger partial charge < -0.3 is 4.90 Å². The molecule has 3 nitrogen and oxygen atoms in total. The number of anilines is 1. The normalized spacial score (nSPS) is 18.9. The van der Waals surface area contributed by atoms with Crippen molar-refractivity contribution in [3.8, 4) is 0 Å². The van der Waals surface area contributed by atoms with E-state index >= 15 is 0 Å². The van der Waals surface area contributed by atoms with Gasteiger partial charge in [0.1, 0.15) is 0 Å². The number of hydrogen-bond acceptors (Lipinski definition) is 2. The van der Waals surface area contributed by atoms with Gasteiger partial charge in [0, 0.05) is 42.3 Å². The predicted octanol–water partition coefficient (Wildman–Crippen LogP) is 5.14. The molecule has 1 heterocycles. The molecule has 0 spiro atoms. The number of benzene rings is 2. The molecule has 4 rings (SSSR count). The lowest BCUT2D eigenvalue weighted by Crippen LogP contribution is -2.50. The molecule has 0 N–H and O–H groups in total. The van der Waals surface area contributed by atoms with Gasteiger partial charge in [-0.15, -0.1) is 0 Å². The molecule has 4 heteroatoms. The second-order valence-corrected chi connectivity index (χ2v) is 8.24. The molecule has 0 radical (unpaired) electrons. The summed E-state index contributed by atoms with van der Waals surface area (Å²) in [6, 6.07) is 18.7. The number of carbonyl (C=O) groups is 1. The van der Waals surface area contributed by atoms with Gasteiger partial charge in [0.25, 0.3) is 0 Å². The fourth-order valence-corrected chi connectivity index (χ4v) is 4.27. The van der Waals surface area contributed by atoms with Crippen molar-refractivity contribution in [3.05, 3.63) is 65.2 Å². The summed E-state index contributed by atoms with van der Waals surface area (Å²) in [6.45, 7) is 3.05. The van der Waals surface area contributed by atoms with Gasteiger partial charge in [-0.2, -0.15) is 0 Å². The van der Waals surface area contributed by atoms with Crippen LogP contribution in [-0.2, 0) is 11.3 Å². The van der Waals surface area contributed by atoms with Gasteiger partial charge in [-0.1, -0.05) is 48.4 Å². The van der Waals surface area contributed by atoms with Gasteiger partial charge in [-0.25, -0.2) is 0 Å². The zero-order valence-electron chi connectivity index (χ0n) is 15.7. The molecule has 0 unspecified atom stereocenters. The molecule has 2 aromatic rings. The molecular weight excluding hydrogens is 356 g/mol. The molecule has 2 aliphatic rings. The Labute approximate surface area is 166 Å². The largest absolute Gasteiger partial charge is 0.309 e. The van der Waals surface area contributed by atoms with E-state index < -0.39 is 0 Å². The highest BCUT2D eigenvalue weighted by molar-refractivity contribution is 6.30. The maximum absolute atomic E-state index is 13.2. The fourth-order valence-electron chi connectivity index (χ4n) is 4.15. The number of amides is 1. The van der Waals surface area contributed by atoms with E-state index in [1.165, 1.54) is 12.0 Å². The number of halogens is 1. The van der Waals surface area contributed by atoms with E-state index in [0.29, 0.717) is 10.9 Å². The lowest BCUT2D eigenvalue weighted by Gasteiger charge is -2.41. The van der Waals surface area contributed by atoms with Crippen molar-refractivity contribution in [1.82, 2.24) is 4.90 Å². The molecule has 1 saturated heterocycles. The Bertz CT molecular complexity index is 750. The van der Waals surface area contributed by atoms with Crippen LogP contribution in [0.3, 0.4) is 0 Å². The standard InChI is InChI=1S/C23H27ClN2O/c24-20-9-11-21(12-10-20)26(23(27)19-7-4-8-19)22-13-15-25(16-14-22)17-18-5-2-1-3-6-18/h1-3,5-6,9-12,19,22H,4,7-8,13-17H2. The third-order valence-electron chi connectivity index (χ3n) is 5.97. The Kier molecular flexibility index (Phi) is 5.80. The highest BCUT2D eigenvalue weighted by Crippen LogP contribution is 2.33. The summed E-state index contributed by atoms with van der Waals surface area (Å²) in [5, 5.41) is 0.715. The summed E-state index contributed by atoms with van der Waals surface area (Å²) in [7, 11) is 0. The smallest absolute Gasteiger partial charge is 0.230 e. The summed E-state index contributed by atoms with van der Waals surface area (Å²) in [6.07, 6.45) is 5.30. The van der Waals surface area contributed by atoms with Crippen LogP contribution in [0.5, 0.6) is 0 Å². The van der Waals surface area contributed by atoms with Crippen LogP contribution in [0.1, 0.15) is 37.7 Å². The van der Waals surface area contributed by atoms with E-state index in [9.17, 15) is 4.79 Å². The van der Waals surface area contributed by atoms with Crippen molar-refractivity contribution in [3.63, 3.8) is 0 Å². The molecule has 1 amide bonds. The first-order valence-electron chi connectivity index (χ1n) is 10.1. The zero-order valence-corrected chi connectivity index (χ0v) is 16.4. The molecule has 2 fully saturated rings. The van der Waals surface area contributed by atoms with E-state index in [1.807, 2.05) is 24.3 Å². The molecule has 0 aromatic heterocycles. The quantitative estimate of drug-likeness (QED) is 0.715. The van der Waals surface area contributed by atoms with Crippen LogP contribution in [0.2, 0.25) is 5.02 Å². The monoisotopic (exact) mass is 382 g/mol. The number of likely N-dealkylation sites (tertiary alicyclic amines) is 1. The van der Waals surface area contributed by atoms with Crippen molar-refractivity contribution >= 4 is 23.2 Å². The minimum Gasteiger partial charge on any atom is -0.309 e. The summed E-state index contributed by atoms with van der Waals surface area (Å²) in [5.41, 5.74) is 2.36. The van der Waals surface area contributed by atoms with Gasteiger partial charge in [0.15, 0.2) is 0 Å². The lowest BCUT2D eigenvalue weighted by molar-refractivity contribution is -0.125. The zero-order chi connectivity index (χ0) is 18.6. The van der Waals surface area contributed by atoms with Gasteiger partial charge in [-0.05, 0) is 55.5 Å². The Morgan fingerprint density at radius 3 is 2.22 bits per heavy atom. The Hall–Kier alpha value is -1.84. The first-order chi connectivity index (χ1) is 13.2. The molecular formula is C23H27ClN2O. The van der Waals surface area contributed by atoms with Crippen molar-refractivity contribution in [2.75, 3.05) is 18.0 Å². The summed E-state index contributed by atoms with van der Waals surface area (Å²) in [4.78, 5) is 17.7. The van der Waals surface area contributed by atoms with E-state index in [-0.39, 0.29) is 12.0 Å². The maximum atomic E-state index is 13.2. The molecule has 27 heavy (non-hydrogen) atoms. The van der Waals surface area contributed by atoms with Crippen molar-refractivity contribution in [2.24, 2.45) is 5.92 Å². The van der Waals surface area contributed by atoms with Gasteiger partial charge >= 0.3 is 0 Å². The number of hydrogen-bond donors (Lipinski definition) is 0. The van der Waals surface area contributed by atoms with Crippen molar-refractivity contribution in [1.29, 1.82) is 0 Å². The van der Waals surface area contributed by atoms with E-state index in [4.69, 9.17) is 11.6 Å². The highest BCUT2D eigenvalue weighted by Gasteiger charge is 2.35. The third-order valence-corrected chi connectivity index (χ3v) is 6.22. The average Bonchev–Trinajstić information content (AvgIpc) is 2.64. The van der Waals surface area contributed by atoms with E-state index in [1.54, 1.807) is 0 Å². The van der Waals surface area contributed by atoms with Crippen LogP contribution in [0.25, 0.3) is 0 Å². The first kappa shape index (κ1) is 18.5. The third kappa shape index (κ3) is 4.36. The summed E-state index contributed by atoms with van der Waals surface area (Å²) < 4.78 is 0. The molecule has 0 atom stereocenters. The lowest BCUT2D eigenvalue weighted by atomic mass is 9.83. The second-order valence-electron chi connectivity index (χ2n) is 7.81. The topological polar surface area (TPSA) is 23.6 Å². The fraction of sp³-hybridized carbons (Fsp3) is 0.435. The van der Waals surface area contributed by atoms with Crippen LogP contribution >= 0.6 is 11.6 Å². The van der Waals surface area contributed by atoms with Crippen LogP contribution in [0.15, 0.2) is 54.6 Å². The van der Waals surface area contributed by atoms with Gasteiger partial charge in [-0.3, -0.25) is 9.69 Å². The predicted molar refractivity (Wildman–Crippen MR) is 111 cm³/mol. The molecule has 2 aromatic carbocycles. The second kappa shape index (κ2) is 8.45. The van der Waals surface area contributed by atoms with Crippen LogP contribution in [0.4, 0.5) is 5.69 Å². The first-order valence-corrected chi connectivity index (χ1v) is 10.4. The minimum absolute atomic E-state index is 0.211. The summed E-state index contributed by atoms with van der Waals surface area (Å²) >= 11 is 6.07. The van der Waals surface area contributed by atoms with Crippen LogP contribution < -0.4 is 4.90 Å². The van der Waals surface area contributed by atoms with Crippen molar-refractivity contribution < 1.29 is 4.79 Å². The summed E-state index contributed by atoms with van der Waals surface area (Å²) in [5.74, 6) is 0.521.